The second-order valence-electron chi connectivity index (χ2n) is 7.11. The second-order valence-corrected chi connectivity index (χ2v) is 7.11. The summed E-state index contributed by atoms with van der Waals surface area (Å²) < 4.78 is 26.3. The summed E-state index contributed by atoms with van der Waals surface area (Å²) in [5.41, 5.74) is 1.78. The Morgan fingerprint density at radius 3 is 2.26 bits per heavy atom. The average molecular weight is 374 g/mol. The van der Waals surface area contributed by atoms with Crippen LogP contribution in [0.1, 0.15) is 31.2 Å². The third-order valence-corrected chi connectivity index (χ3v) is 5.36. The van der Waals surface area contributed by atoms with E-state index in [1.54, 1.807) is 11.0 Å². The molecule has 0 aromatic heterocycles. The third kappa shape index (κ3) is 4.62. The number of hydrogen-bond donors (Lipinski definition) is 0. The van der Waals surface area contributed by atoms with E-state index in [9.17, 15) is 18.4 Å². The van der Waals surface area contributed by atoms with E-state index in [-0.39, 0.29) is 17.7 Å². The van der Waals surface area contributed by atoms with Gasteiger partial charge in [-0.15, -0.1) is 0 Å². The summed E-state index contributed by atoms with van der Waals surface area (Å²) in [6.45, 7) is 5.96. The SMILES string of the molecule is C=CC(=O)N1CCC(C(=O)N2CCC(=Cc3ccc(F)c(F)c3)CC2)CC1. The van der Waals surface area contributed by atoms with Gasteiger partial charge in [-0.2, -0.15) is 0 Å². The first-order valence-electron chi connectivity index (χ1n) is 9.32. The maximum atomic E-state index is 13.3. The molecule has 0 aliphatic carbocycles. The zero-order valence-corrected chi connectivity index (χ0v) is 15.3. The fourth-order valence-electron chi connectivity index (χ4n) is 3.73. The van der Waals surface area contributed by atoms with Crippen LogP contribution in [0, 0.1) is 17.6 Å². The summed E-state index contributed by atoms with van der Waals surface area (Å²) >= 11 is 0. The van der Waals surface area contributed by atoms with E-state index in [1.807, 2.05) is 11.0 Å². The lowest BCUT2D eigenvalue weighted by Crippen LogP contribution is -2.45. The van der Waals surface area contributed by atoms with Crippen LogP contribution in [0.2, 0.25) is 0 Å². The minimum atomic E-state index is -0.849. The highest BCUT2D eigenvalue weighted by Crippen LogP contribution is 2.25. The van der Waals surface area contributed by atoms with Gasteiger partial charge in [0.25, 0.3) is 0 Å². The van der Waals surface area contributed by atoms with Crippen LogP contribution in [0.3, 0.4) is 0 Å². The molecule has 0 spiro atoms. The van der Waals surface area contributed by atoms with E-state index < -0.39 is 11.6 Å². The highest BCUT2D eigenvalue weighted by Gasteiger charge is 2.30. The van der Waals surface area contributed by atoms with Gasteiger partial charge in [0.15, 0.2) is 11.6 Å². The standard InChI is InChI=1S/C21H24F2N2O2/c1-2-20(26)24-11-7-17(8-12-24)21(27)25-9-5-15(6-10-25)13-16-3-4-18(22)19(23)14-16/h2-4,13-14,17H,1,5-12H2. The van der Waals surface area contributed by atoms with E-state index in [0.717, 1.165) is 24.5 Å². The number of carbonyl (C=O) groups is 2. The van der Waals surface area contributed by atoms with Crippen molar-refractivity contribution < 1.29 is 18.4 Å². The normalized spacial score (nSPS) is 18.4. The van der Waals surface area contributed by atoms with Gasteiger partial charge in [-0.05, 0) is 49.5 Å². The number of rotatable bonds is 3. The van der Waals surface area contributed by atoms with Crippen molar-refractivity contribution in [3.8, 4) is 0 Å². The summed E-state index contributed by atoms with van der Waals surface area (Å²) in [5, 5.41) is 0. The Balaban J connectivity index is 1.52. The lowest BCUT2D eigenvalue weighted by Gasteiger charge is -2.35. The molecular weight excluding hydrogens is 350 g/mol. The Bertz CT molecular complexity index is 757. The Kier molecular flexibility index (Phi) is 6.04. The minimum Gasteiger partial charge on any atom is -0.342 e. The molecule has 0 N–H and O–H groups in total. The van der Waals surface area contributed by atoms with E-state index in [1.165, 1.54) is 12.1 Å². The molecule has 3 rings (SSSR count). The molecule has 0 radical (unpaired) electrons. The largest absolute Gasteiger partial charge is 0.342 e. The Hall–Kier alpha value is -2.50. The molecule has 2 amide bonds. The zero-order valence-electron chi connectivity index (χ0n) is 15.3. The van der Waals surface area contributed by atoms with Crippen LogP contribution in [-0.2, 0) is 9.59 Å². The lowest BCUT2D eigenvalue weighted by atomic mass is 9.93. The van der Waals surface area contributed by atoms with Gasteiger partial charge in [0.2, 0.25) is 11.8 Å². The predicted molar refractivity (Wildman–Crippen MR) is 99.7 cm³/mol. The lowest BCUT2D eigenvalue weighted by molar-refractivity contribution is -0.139. The molecular formula is C21H24F2N2O2. The molecule has 2 heterocycles. The van der Waals surface area contributed by atoms with Crippen molar-refractivity contribution in [2.45, 2.75) is 25.7 Å². The van der Waals surface area contributed by atoms with Gasteiger partial charge in [-0.3, -0.25) is 9.59 Å². The maximum absolute atomic E-state index is 13.3. The molecule has 2 fully saturated rings. The van der Waals surface area contributed by atoms with Gasteiger partial charge in [-0.1, -0.05) is 24.3 Å². The number of nitrogens with zero attached hydrogens (tertiary/aromatic N) is 2. The number of likely N-dealkylation sites (tertiary alicyclic amines) is 2. The van der Waals surface area contributed by atoms with E-state index >= 15 is 0 Å². The van der Waals surface area contributed by atoms with Crippen molar-refractivity contribution in [2.75, 3.05) is 26.2 Å². The van der Waals surface area contributed by atoms with Gasteiger partial charge in [-0.25, -0.2) is 8.78 Å². The summed E-state index contributed by atoms with van der Waals surface area (Å²) in [6, 6.07) is 3.88. The fraction of sp³-hybridized carbons (Fsp3) is 0.429. The number of halogens is 2. The van der Waals surface area contributed by atoms with E-state index in [4.69, 9.17) is 0 Å². The first-order valence-corrected chi connectivity index (χ1v) is 9.32. The van der Waals surface area contributed by atoms with Gasteiger partial charge in [0.1, 0.15) is 0 Å². The van der Waals surface area contributed by atoms with Gasteiger partial charge in [0, 0.05) is 32.1 Å². The second kappa shape index (κ2) is 8.46. The molecule has 0 bridgehead atoms. The smallest absolute Gasteiger partial charge is 0.245 e. The van der Waals surface area contributed by atoms with Crippen molar-refractivity contribution in [3.05, 3.63) is 53.6 Å². The molecule has 0 unspecified atom stereocenters. The van der Waals surface area contributed by atoms with Crippen molar-refractivity contribution in [1.82, 2.24) is 9.80 Å². The number of carbonyl (C=O) groups excluding carboxylic acids is 2. The number of amides is 2. The number of hydrogen-bond acceptors (Lipinski definition) is 2. The molecule has 1 aromatic carbocycles. The third-order valence-electron chi connectivity index (χ3n) is 5.36. The zero-order chi connectivity index (χ0) is 19.4. The maximum Gasteiger partial charge on any atom is 0.245 e. The first kappa shape index (κ1) is 19.3. The quantitative estimate of drug-likeness (QED) is 0.761. The van der Waals surface area contributed by atoms with Crippen molar-refractivity contribution in [1.29, 1.82) is 0 Å². The highest BCUT2D eigenvalue weighted by molar-refractivity contribution is 5.87. The van der Waals surface area contributed by atoms with Gasteiger partial charge < -0.3 is 9.80 Å². The van der Waals surface area contributed by atoms with Crippen LogP contribution in [0.25, 0.3) is 6.08 Å². The van der Waals surface area contributed by atoms with Crippen molar-refractivity contribution >= 4 is 17.9 Å². The van der Waals surface area contributed by atoms with Gasteiger partial charge >= 0.3 is 0 Å². The van der Waals surface area contributed by atoms with Crippen molar-refractivity contribution in [2.24, 2.45) is 5.92 Å². The van der Waals surface area contributed by atoms with Crippen LogP contribution in [-0.4, -0.2) is 47.8 Å². The number of piperidine rings is 2. The Morgan fingerprint density at radius 2 is 1.67 bits per heavy atom. The first-order chi connectivity index (χ1) is 13.0. The highest BCUT2D eigenvalue weighted by atomic mass is 19.2. The number of benzene rings is 1. The molecule has 2 aliphatic rings. The minimum absolute atomic E-state index is 0.0319. The molecule has 0 atom stereocenters. The summed E-state index contributed by atoms with van der Waals surface area (Å²) in [6.07, 6.45) is 6.04. The molecule has 27 heavy (non-hydrogen) atoms. The fourth-order valence-corrected chi connectivity index (χ4v) is 3.73. The summed E-state index contributed by atoms with van der Waals surface area (Å²) in [4.78, 5) is 28.0. The molecule has 2 saturated heterocycles. The van der Waals surface area contributed by atoms with Crippen LogP contribution < -0.4 is 0 Å². The summed E-state index contributed by atoms with van der Waals surface area (Å²) in [5.74, 6) is -1.65. The Morgan fingerprint density at radius 1 is 1.00 bits per heavy atom. The Labute approximate surface area is 158 Å². The van der Waals surface area contributed by atoms with E-state index in [2.05, 4.69) is 6.58 Å². The molecule has 144 valence electrons. The molecule has 0 saturated carbocycles. The van der Waals surface area contributed by atoms with Crippen LogP contribution in [0.4, 0.5) is 8.78 Å². The van der Waals surface area contributed by atoms with E-state index in [0.29, 0.717) is 44.6 Å². The van der Waals surface area contributed by atoms with Crippen LogP contribution in [0.15, 0.2) is 36.4 Å². The molecule has 4 nitrogen and oxygen atoms in total. The van der Waals surface area contributed by atoms with Gasteiger partial charge in [0.05, 0.1) is 0 Å². The predicted octanol–water partition coefficient (Wildman–Crippen LogP) is 3.40. The topological polar surface area (TPSA) is 40.6 Å². The van der Waals surface area contributed by atoms with Crippen LogP contribution >= 0.6 is 0 Å². The monoisotopic (exact) mass is 374 g/mol. The van der Waals surface area contributed by atoms with Crippen LogP contribution in [0.5, 0.6) is 0 Å². The average Bonchev–Trinajstić information content (AvgIpc) is 2.70. The molecule has 1 aromatic rings. The molecule has 2 aliphatic heterocycles. The van der Waals surface area contributed by atoms with Crippen molar-refractivity contribution in [3.63, 3.8) is 0 Å². The molecule has 6 heteroatoms. The summed E-state index contributed by atoms with van der Waals surface area (Å²) in [7, 11) is 0.